The number of aryl methyl sites for hydroxylation is 1. The van der Waals surface area contributed by atoms with Gasteiger partial charge in [0, 0.05) is 21.1 Å². The van der Waals surface area contributed by atoms with E-state index in [-0.39, 0.29) is 11.9 Å². The Kier molecular flexibility index (Phi) is 6.21. The fraction of sp³-hybridized carbons (Fsp3) is 0.421. The number of carbonyl (C=O) groups excluding carboxylic acids is 1. The zero-order valence-electron chi connectivity index (χ0n) is 16.4. The third-order valence-corrected chi connectivity index (χ3v) is 6.20. The number of amidine groups is 1. The van der Waals surface area contributed by atoms with Gasteiger partial charge in [-0.15, -0.1) is 11.3 Å². The Balaban J connectivity index is 1.75. The highest BCUT2D eigenvalue weighted by Crippen LogP contribution is 2.37. The van der Waals surface area contributed by atoms with Gasteiger partial charge in [0.2, 0.25) is 5.91 Å². The molecule has 1 amide bonds. The largest absolute Gasteiger partial charge is 0.495 e. The minimum atomic E-state index is -0.464. The molecule has 9 heteroatoms. The zero-order valence-corrected chi connectivity index (χ0v) is 18.8. The molecule has 0 spiro atoms. The minimum Gasteiger partial charge on any atom is -0.495 e. The van der Waals surface area contributed by atoms with E-state index in [0.717, 1.165) is 27.2 Å². The maximum Gasteiger partial charge on any atom is 0.231 e. The number of hydrogen-bond donors (Lipinski definition) is 2. The zero-order chi connectivity index (χ0) is 20.5. The van der Waals surface area contributed by atoms with Crippen molar-refractivity contribution in [1.82, 2.24) is 4.98 Å². The molecular formula is C19H23ClN4O2S2. The van der Waals surface area contributed by atoms with Crippen LogP contribution in [0.25, 0.3) is 0 Å². The molecule has 2 N–H and O–H groups in total. The number of rotatable bonds is 4. The second-order valence-corrected chi connectivity index (χ2v) is 10.0. The molecule has 0 aliphatic carbocycles. The van der Waals surface area contributed by atoms with Crippen LogP contribution >= 0.6 is 34.7 Å². The second-order valence-electron chi connectivity index (χ2n) is 7.40. The lowest BCUT2D eigenvalue weighted by Crippen LogP contribution is -2.27. The Morgan fingerprint density at radius 3 is 2.79 bits per heavy atom. The van der Waals surface area contributed by atoms with Crippen LogP contribution in [0.4, 0.5) is 10.8 Å². The number of aliphatic imine (C=N–C) groups is 1. The quantitative estimate of drug-likeness (QED) is 0.672. The summed E-state index contributed by atoms with van der Waals surface area (Å²) in [6, 6.07) is 5.35. The molecule has 0 bridgehead atoms. The summed E-state index contributed by atoms with van der Waals surface area (Å²) in [6.07, 6.45) is 0. The lowest BCUT2D eigenvalue weighted by Gasteiger charge is -2.15. The van der Waals surface area contributed by atoms with Crippen LogP contribution < -0.4 is 15.4 Å². The van der Waals surface area contributed by atoms with Crippen LogP contribution in [0.2, 0.25) is 5.02 Å². The highest BCUT2D eigenvalue weighted by Gasteiger charge is 2.27. The number of nitrogens with one attached hydrogen (secondary N) is 2. The van der Waals surface area contributed by atoms with E-state index >= 15 is 0 Å². The topological polar surface area (TPSA) is 75.6 Å². The van der Waals surface area contributed by atoms with Gasteiger partial charge in [-0.25, -0.2) is 4.98 Å². The van der Waals surface area contributed by atoms with Crippen molar-refractivity contribution in [3.63, 3.8) is 0 Å². The van der Waals surface area contributed by atoms with Crippen molar-refractivity contribution in [1.29, 1.82) is 0 Å². The molecule has 2 aromatic rings. The highest BCUT2D eigenvalue weighted by molar-refractivity contribution is 8.14. The molecule has 3 rings (SSSR count). The van der Waals surface area contributed by atoms with Gasteiger partial charge < -0.3 is 15.4 Å². The lowest BCUT2D eigenvalue weighted by atomic mass is 9.96. The molecule has 1 atom stereocenters. The van der Waals surface area contributed by atoms with Crippen molar-refractivity contribution in [3.8, 4) is 5.75 Å². The van der Waals surface area contributed by atoms with E-state index in [9.17, 15) is 4.79 Å². The molecule has 1 unspecified atom stereocenters. The molecule has 1 aliphatic heterocycles. The molecule has 1 aliphatic rings. The van der Waals surface area contributed by atoms with Gasteiger partial charge in [0.1, 0.15) is 11.8 Å². The molecule has 0 fully saturated rings. The van der Waals surface area contributed by atoms with Crippen molar-refractivity contribution in [2.75, 3.05) is 23.5 Å². The highest BCUT2D eigenvalue weighted by atomic mass is 35.5. The van der Waals surface area contributed by atoms with Gasteiger partial charge in [-0.3, -0.25) is 9.79 Å². The molecule has 0 saturated carbocycles. The number of methoxy groups -OCH3 is 1. The molecule has 2 heterocycles. The Hall–Kier alpha value is -1.77. The predicted octanol–water partition coefficient (Wildman–Crippen LogP) is 5.35. The van der Waals surface area contributed by atoms with Gasteiger partial charge in [0.05, 0.1) is 18.5 Å². The molecule has 0 saturated heterocycles. The monoisotopic (exact) mass is 438 g/mol. The number of thiazole rings is 1. The van der Waals surface area contributed by atoms with Crippen LogP contribution in [0.15, 0.2) is 23.2 Å². The summed E-state index contributed by atoms with van der Waals surface area (Å²) in [6.45, 7) is 7.64. The summed E-state index contributed by atoms with van der Waals surface area (Å²) in [5.41, 5.74) is 1.21. The molecule has 0 radical (unpaired) electrons. The first kappa shape index (κ1) is 21.0. The van der Waals surface area contributed by atoms with Crippen LogP contribution in [-0.4, -0.2) is 28.9 Å². The van der Waals surface area contributed by atoms with Crippen LogP contribution in [0.3, 0.4) is 0 Å². The summed E-state index contributed by atoms with van der Waals surface area (Å²) in [4.78, 5) is 22.7. The van der Waals surface area contributed by atoms with E-state index in [1.54, 1.807) is 24.9 Å². The van der Waals surface area contributed by atoms with Gasteiger partial charge >= 0.3 is 0 Å². The minimum absolute atomic E-state index is 0.0486. The standard InChI is InChI=1S/C19H23ClN4O2S2/c1-10-15(23-18(28-10)24-16(25)19(2,3)4)13-9-27-17(22-13)21-12-8-11(20)6-7-14(12)26-5/h6-8,13H,9H2,1-5H3,(H,21,22)(H,23,24,25). The summed E-state index contributed by atoms with van der Waals surface area (Å²) in [5, 5.41) is 8.22. The van der Waals surface area contributed by atoms with Crippen LogP contribution in [0.5, 0.6) is 5.75 Å². The number of halogens is 1. The number of carbonyl (C=O) groups is 1. The van der Waals surface area contributed by atoms with Gasteiger partial charge in [-0.1, -0.05) is 44.1 Å². The Bertz CT molecular complexity index is 921. The van der Waals surface area contributed by atoms with Gasteiger partial charge in [0.15, 0.2) is 10.3 Å². The maximum atomic E-state index is 12.2. The number of benzene rings is 1. The first-order valence-electron chi connectivity index (χ1n) is 8.77. The molecule has 150 valence electrons. The van der Waals surface area contributed by atoms with E-state index in [4.69, 9.17) is 21.3 Å². The van der Waals surface area contributed by atoms with Crippen molar-refractivity contribution in [3.05, 3.63) is 33.8 Å². The summed E-state index contributed by atoms with van der Waals surface area (Å²) < 4.78 is 5.37. The SMILES string of the molecule is COc1ccc(Cl)cc1NC1=NC(c2nc(NC(=O)C(C)(C)C)sc2C)CS1. The predicted molar refractivity (Wildman–Crippen MR) is 119 cm³/mol. The average Bonchev–Trinajstić information content (AvgIpc) is 3.20. The van der Waals surface area contributed by atoms with E-state index in [2.05, 4.69) is 15.6 Å². The van der Waals surface area contributed by atoms with E-state index in [1.807, 2.05) is 39.8 Å². The number of ether oxygens (including phenoxy) is 1. The van der Waals surface area contributed by atoms with Gasteiger partial charge in [-0.2, -0.15) is 0 Å². The number of nitrogens with zero attached hydrogens (tertiary/aromatic N) is 2. The third-order valence-electron chi connectivity index (χ3n) is 4.10. The van der Waals surface area contributed by atoms with Crippen molar-refractivity contribution < 1.29 is 9.53 Å². The third kappa shape index (κ3) is 4.79. The second kappa shape index (κ2) is 8.31. The number of aromatic nitrogens is 1. The molecular weight excluding hydrogens is 416 g/mol. The number of hydrogen-bond acceptors (Lipinski definition) is 7. The fourth-order valence-electron chi connectivity index (χ4n) is 2.53. The number of thioether (sulfide) groups is 1. The van der Waals surface area contributed by atoms with Crippen LogP contribution in [-0.2, 0) is 4.79 Å². The Labute approximate surface area is 178 Å². The van der Waals surface area contributed by atoms with Crippen LogP contribution in [0, 0.1) is 12.3 Å². The normalized spacial score (nSPS) is 16.6. The fourth-order valence-corrected chi connectivity index (χ4v) is 4.50. The van der Waals surface area contributed by atoms with E-state index in [0.29, 0.717) is 15.9 Å². The van der Waals surface area contributed by atoms with Crippen molar-refractivity contribution >= 4 is 56.6 Å². The van der Waals surface area contributed by atoms with Gasteiger partial charge in [0.25, 0.3) is 0 Å². The van der Waals surface area contributed by atoms with E-state index in [1.165, 1.54) is 11.3 Å². The average molecular weight is 439 g/mol. The first-order valence-corrected chi connectivity index (χ1v) is 11.0. The van der Waals surface area contributed by atoms with Crippen molar-refractivity contribution in [2.45, 2.75) is 33.7 Å². The Morgan fingerprint density at radius 2 is 2.11 bits per heavy atom. The first-order chi connectivity index (χ1) is 13.2. The lowest BCUT2D eigenvalue weighted by molar-refractivity contribution is -0.123. The smallest absolute Gasteiger partial charge is 0.231 e. The van der Waals surface area contributed by atoms with E-state index < -0.39 is 5.41 Å². The Morgan fingerprint density at radius 1 is 1.36 bits per heavy atom. The molecule has 1 aromatic heterocycles. The molecule has 28 heavy (non-hydrogen) atoms. The summed E-state index contributed by atoms with van der Waals surface area (Å²) in [7, 11) is 1.62. The maximum absolute atomic E-state index is 12.2. The van der Waals surface area contributed by atoms with Crippen molar-refractivity contribution in [2.24, 2.45) is 10.4 Å². The molecule has 6 nitrogen and oxygen atoms in total. The summed E-state index contributed by atoms with van der Waals surface area (Å²) >= 11 is 9.19. The van der Waals surface area contributed by atoms with Crippen LogP contribution in [0.1, 0.15) is 37.4 Å². The number of amides is 1. The van der Waals surface area contributed by atoms with Gasteiger partial charge in [-0.05, 0) is 25.1 Å². The summed E-state index contributed by atoms with van der Waals surface area (Å²) in [5.74, 6) is 1.43. The number of anilines is 2. The molecule has 1 aromatic carbocycles.